The predicted octanol–water partition coefficient (Wildman–Crippen LogP) is 4.92. The molecule has 0 aliphatic carbocycles. The van der Waals surface area contributed by atoms with Crippen molar-refractivity contribution in [1.82, 2.24) is 10.2 Å². The maximum absolute atomic E-state index is 13.5. The summed E-state index contributed by atoms with van der Waals surface area (Å²) in [6, 6.07) is 13.8. The molecular formula is C27H38ClN3O4S. The molecule has 7 nitrogen and oxygen atoms in total. The molecule has 0 saturated heterocycles. The Balaban J connectivity index is 2.24. The third kappa shape index (κ3) is 8.52. The van der Waals surface area contributed by atoms with Crippen LogP contribution >= 0.6 is 11.6 Å². The fourth-order valence-electron chi connectivity index (χ4n) is 3.97. The molecule has 0 aliphatic rings. The first-order valence-electron chi connectivity index (χ1n) is 12.4. The summed E-state index contributed by atoms with van der Waals surface area (Å²) >= 11 is 6.06. The van der Waals surface area contributed by atoms with Crippen molar-refractivity contribution >= 4 is 39.1 Å². The Kier molecular flexibility index (Phi) is 11.2. The highest BCUT2D eigenvalue weighted by Crippen LogP contribution is 2.23. The van der Waals surface area contributed by atoms with Crippen LogP contribution in [0.4, 0.5) is 5.69 Å². The van der Waals surface area contributed by atoms with Gasteiger partial charge in [0.05, 0.1) is 11.9 Å². The topological polar surface area (TPSA) is 86.8 Å². The van der Waals surface area contributed by atoms with E-state index in [0.717, 1.165) is 23.8 Å². The number of nitrogens with zero attached hydrogens (tertiary/aromatic N) is 2. The van der Waals surface area contributed by atoms with Crippen molar-refractivity contribution in [2.75, 3.05) is 17.1 Å². The standard InChI is InChI=1S/C27H38ClN3O4S/c1-6-21(4)29-27(33)25(7-2)30(19-22-13-9-8-12-20(22)3)26(32)16-11-17-31(36(5,34)35)24-15-10-14-23(28)18-24/h8-10,12-15,18,21,25H,6-7,11,16-17,19H2,1-5H3,(H,29,33)/t21-,25+/m1/s1. The summed E-state index contributed by atoms with van der Waals surface area (Å²) in [4.78, 5) is 28.2. The van der Waals surface area contributed by atoms with E-state index in [2.05, 4.69) is 5.32 Å². The van der Waals surface area contributed by atoms with Gasteiger partial charge in [-0.05, 0) is 62.4 Å². The monoisotopic (exact) mass is 535 g/mol. The van der Waals surface area contributed by atoms with Crippen molar-refractivity contribution in [3.8, 4) is 0 Å². The van der Waals surface area contributed by atoms with E-state index in [9.17, 15) is 18.0 Å². The maximum atomic E-state index is 13.5. The lowest BCUT2D eigenvalue weighted by Gasteiger charge is -2.32. The quantitative estimate of drug-likeness (QED) is 0.394. The molecule has 1 N–H and O–H groups in total. The molecule has 0 radical (unpaired) electrons. The summed E-state index contributed by atoms with van der Waals surface area (Å²) in [5.74, 6) is -0.366. The molecule has 0 fully saturated rings. The molecule has 0 aliphatic heterocycles. The lowest BCUT2D eigenvalue weighted by atomic mass is 10.0. The molecule has 2 rings (SSSR count). The largest absolute Gasteiger partial charge is 0.352 e. The molecule has 0 saturated carbocycles. The average molecular weight is 536 g/mol. The van der Waals surface area contributed by atoms with Crippen LogP contribution in [0.5, 0.6) is 0 Å². The molecule has 0 bridgehead atoms. The summed E-state index contributed by atoms with van der Waals surface area (Å²) in [6.07, 6.45) is 2.79. The van der Waals surface area contributed by atoms with E-state index in [1.807, 2.05) is 52.0 Å². The molecule has 198 valence electrons. The number of carbonyl (C=O) groups excluding carboxylic acids is 2. The zero-order chi connectivity index (χ0) is 26.9. The molecular weight excluding hydrogens is 498 g/mol. The maximum Gasteiger partial charge on any atom is 0.243 e. The van der Waals surface area contributed by atoms with Crippen molar-refractivity contribution < 1.29 is 18.0 Å². The smallest absolute Gasteiger partial charge is 0.243 e. The van der Waals surface area contributed by atoms with Gasteiger partial charge in [0.1, 0.15) is 6.04 Å². The van der Waals surface area contributed by atoms with Gasteiger partial charge < -0.3 is 10.2 Å². The number of hydrogen-bond donors (Lipinski definition) is 1. The lowest BCUT2D eigenvalue weighted by Crippen LogP contribution is -2.50. The number of aryl methyl sites for hydroxylation is 1. The van der Waals surface area contributed by atoms with Gasteiger partial charge in [-0.1, -0.05) is 55.8 Å². The molecule has 0 aromatic heterocycles. The van der Waals surface area contributed by atoms with E-state index in [1.54, 1.807) is 29.2 Å². The minimum absolute atomic E-state index is 0.00276. The minimum atomic E-state index is -3.57. The summed E-state index contributed by atoms with van der Waals surface area (Å²) in [5.41, 5.74) is 2.46. The average Bonchev–Trinajstić information content (AvgIpc) is 2.81. The van der Waals surface area contributed by atoms with E-state index in [-0.39, 0.29) is 30.8 Å². The Morgan fingerprint density at radius 1 is 1.06 bits per heavy atom. The van der Waals surface area contributed by atoms with Crippen LogP contribution in [0.2, 0.25) is 5.02 Å². The molecule has 2 amide bonds. The molecule has 9 heteroatoms. The fraction of sp³-hybridized carbons (Fsp3) is 0.481. The van der Waals surface area contributed by atoms with Crippen molar-refractivity contribution in [1.29, 1.82) is 0 Å². The van der Waals surface area contributed by atoms with Gasteiger partial charge in [-0.15, -0.1) is 0 Å². The Bertz CT molecular complexity index is 1140. The van der Waals surface area contributed by atoms with Crippen molar-refractivity contribution in [3.05, 3.63) is 64.7 Å². The Morgan fingerprint density at radius 2 is 1.75 bits per heavy atom. The van der Waals surface area contributed by atoms with Crippen LogP contribution in [0.1, 0.15) is 57.6 Å². The fourth-order valence-corrected chi connectivity index (χ4v) is 5.11. The van der Waals surface area contributed by atoms with Gasteiger partial charge in [-0.3, -0.25) is 13.9 Å². The highest BCUT2D eigenvalue weighted by Gasteiger charge is 2.29. The molecule has 0 heterocycles. The first-order chi connectivity index (χ1) is 17.0. The van der Waals surface area contributed by atoms with Gasteiger partial charge >= 0.3 is 0 Å². The van der Waals surface area contributed by atoms with Crippen molar-refractivity contribution in [2.24, 2.45) is 0 Å². The number of rotatable bonds is 13. The number of amides is 2. The highest BCUT2D eigenvalue weighted by atomic mass is 35.5. The molecule has 0 spiro atoms. The van der Waals surface area contributed by atoms with E-state index in [1.165, 1.54) is 4.31 Å². The summed E-state index contributed by atoms with van der Waals surface area (Å²) in [7, 11) is -3.57. The number of hydrogen-bond acceptors (Lipinski definition) is 4. The SMILES string of the molecule is CC[C@@H](C)NC(=O)[C@H](CC)N(Cc1ccccc1C)C(=O)CCCN(c1cccc(Cl)c1)S(C)(=O)=O. The van der Waals surface area contributed by atoms with E-state index >= 15 is 0 Å². The second-order valence-corrected chi connectivity index (χ2v) is 11.5. The zero-order valence-electron chi connectivity index (χ0n) is 21.8. The van der Waals surface area contributed by atoms with Crippen LogP contribution < -0.4 is 9.62 Å². The van der Waals surface area contributed by atoms with E-state index in [0.29, 0.717) is 30.1 Å². The zero-order valence-corrected chi connectivity index (χ0v) is 23.4. The molecule has 36 heavy (non-hydrogen) atoms. The number of carbonyl (C=O) groups is 2. The van der Waals surface area contributed by atoms with E-state index < -0.39 is 16.1 Å². The predicted molar refractivity (Wildman–Crippen MR) is 147 cm³/mol. The van der Waals surface area contributed by atoms with Crippen LogP contribution in [0, 0.1) is 6.92 Å². The van der Waals surface area contributed by atoms with Gasteiger partial charge in [0.25, 0.3) is 0 Å². The minimum Gasteiger partial charge on any atom is -0.352 e. The van der Waals surface area contributed by atoms with Crippen LogP contribution in [-0.4, -0.2) is 50.0 Å². The highest BCUT2D eigenvalue weighted by molar-refractivity contribution is 7.92. The Labute approximate surface area is 220 Å². The second-order valence-electron chi connectivity index (χ2n) is 9.11. The van der Waals surface area contributed by atoms with Crippen LogP contribution in [0.3, 0.4) is 0 Å². The first-order valence-corrected chi connectivity index (χ1v) is 14.6. The van der Waals surface area contributed by atoms with Crippen LogP contribution in [0.25, 0.3) is 0 Å². The second kappa shape index (κ2) is 13.7. The normalized spacial score (nSPS) is 13.1. The lowest BCUT2D eigenvalue weighted by molar-refractivity contribution is -0.141. The number of halogens is 1. The van der Waals surface area contributed by atoms with Gasteiger partial charge in [0, 0.05) is 30.6 Å². The molecule has 2 aromatic carbocycles. The first kappa shape index (κ1) is 29.6. The van der Waals surface area contributed by atoms with Crippen molar-refractivity contribution in [3.63, 3.8) is 0 Å². The van der Waals surface area contributed by atoms with E-state index in [4.69, 9.17) is 11.6 Å². The summed E-state index contributed by atoms with van der Waals surface area (Å²) in [5, 5.41) is 3.43. The Hall–Kier alpha value is -2.58. The van der Waals surface area contributed by atoms with Gasteiger partial charge in [-0.2, -0.15) is 0 Å². The van der Waals surface area contributed by atoms with Crippen molar-refractivity contribution in [2.45, 2.75) is 72.0 Å². The number of nitrogens with one attached hydrogen (secondary N) is 1. The molecule has 0 unspecified atom stereocenters. The third-order valence-electron chi connectivity index (χ3n) is 6.24. The van der Waals surface area contributed by atoms with Crippen LogP contribution in [0.15, 0.2) is 48.5 Å². The third-order valence-corrected chi connectivity index (χ3v) is 7.67. The number of anilines is 1. The number of sulfonamides is 1. The Morgan fingerprint density at radius 3 is 2.33 bits per heavy atom. The van der Waals surface area contributed by atoms with Gasteiger partial charge in [0.15, 0.2) is 0 Å². The van der Waals surface area contributed by atoms with Gasteiger partial charge in [-0.25, -0.2) is 8.42 Å². The summed E-state index contributed by atoms with van der Waals surface area (Å²) in [6.45, 7) is 8.24. The molecule has 2 aromatic rings. The van der Waals surface area contributed by atoms with Crippen LogP contribution in [-0.2, 0) is 26.2 Å². The molecule has 2 atom stereocenters. The summed E-state index contributed by atoms with van der Waals surface area (Å²) < 4.78 is 26.1. The van der Waals surface area contributed by atoms with Gasteiger partial charge in [0.2, 0.25) is 21.8 Å². The number of benzene rings is 2.